The smallest absolute Gasteiger partial charge is 0.251 e. The predicted octanol–water partition coefficient (Wildman–Crippen LogP) is 3.67. The minimum atomic E-state index is -0.178. The molecule has 0 fully saturated rings. The summed E-state index contributed by atoms with van der Waals surface area (Å²) >= 11 is 0. The third-order valence-electron chi connectivity index (χ3n) is 4.29. The molecule has 0 bridgehead atoms. The number of rotatable bonds is 6. The standard InChI is InChI=1S/C20H23N3O2/c1-4-16-7-9-17(10-8-16)20(24)21-13-18(19-6-5-11-25-19)23-15(3)12-14(2)22-23/h5-12,18H,4,13H2,1-3H3,(H,21,24). The summed E-state index contributed by atoms with van der Waals surface area (Å²) < 4.78 is 7.47. The van der Waals surface area contributed by atoms with Crippen LogP contribution in [0.3, 0.4) is 0 Å². The summed E-state index contributed by atoms with van der Waals surface area (Å²) in [4.78, 5) is 12.5. The molecule has 2 heterocycles. The van der Waals surface area contributed by atoms with Gasteiger partial charge in [-0.15, -0.1) is 0 Å². The first-order valence-corrected chi connectivity index (χ1v) is 8.51. The van der Waals surface area contributed by atoms with Gasteiger partial charge in [0.1, 0.15) is 11.8 Å². The predicted molar refractivity (Wildman–Crippen MR) is 96.7 cm³/mol. The molecule has 0 aliphatic carbocycles. The largest absolute Gasteiger partial charge is 0.467 e. The highest BCUT2D eigenvalue weighted by molar-refractivity contribution is 5.94. The van der Waals surface area contributed by atoms with Gasteiger partial charge in [0, 0.05) is 17.8 Å². The highest BCUT2D eigenvalue weighted by Gasteiger charge is 2.20. The van der Waals surface area contributed by atoms with Crippen molar-refractivity contribution >= 4 is 5.91 Å². The first-order valence-electron chi connectivity index (χ1n) is 8.51. The zero-order valence-electron chi connectivity index (χ0n) is 14.8. The summed E-state index contributed by atoms with van der Waals surface area (Å²) in [5.74, 6) is 0.675. The topological polar surface area (TPSA) is 60.1 Å². The Morgan fingerprint density at radius 1 is 1.24 bits per heavy atom. The van der Waals surface area contributed by atoms with Crippen molar-refractivity contribution in [1.29, 1.82) is 0 Å². The molecule has 0 radical (unpaired) electrons. The first-order chi connectivity index (χ1) is 12.1. The Balaban J connectivity index is 1.76. The Labute approximate surface area is 147 Å². The number of carbonyl (C=O) groups excluding carboxylic acids is 1. The van der Waals surface area contributed by atoms with E-state index in [-0.39, 0.29) is 11.9 Å². The zero-order chi connectivity index (χ0) is 17.8. The van der Waals surface area contributed by atoms with Crippen molar-refractivity contribution in [2.45, 2.75) is 33.2 Å². The van der Waals surface area contributed by atoms with Gasteiger partial charge in [-0.2, -0.15) is 5.10 Å². The lowest BCUT2D eigenvalue weighted by atomic mass is 10.1. The van der Waals surface area contributed by atoms with E-state index in [1.54, 1.807) is 6.26 Å². The van der Waals surface area contributed by atoms with E-state index in [9.17, 15) is 4.79 Å². The number of aryl methyl sites for hydroxylation is 3. The molecule has 2 aromatic heterocycles. The van der Waals surface area contributed by atoms with Gasteiger partial charge in [-0.05, 0) is 56.2 Å². The Morgan fingerprint density at radius 2 is 2.00 bits per heavy atom. The van der Waals surface area contributed by atoms with Crippen molar-refractivity contribution in [3.63, 3.8) is 0 Å². The fraction of sp³-hybridized carbons (Fsp3) is 0.300. The zero-order valence-corrected chi connectivity index (χ0v) is 14.8. The fourth-order valence-corrected chi connectivity index (χ4v) is 2.93. The highest BCUT2D eigenvalue weighted by atomic mass is 16.3. The maximum atomic E-state index is 12.5. The van der Waals surface area contributed by atoms with Crippen LogP contribution in [-0.2, 0) is 6.42 Å². The minimum absolute atomic E-state index is 0.0965. The summed E-state index contributed by atoms with van der Waals surface area (Å²) in [6.45, 7) is 6.46. The average molecular weight is 337 g/mol. The SMILES string of the molecule is CCc1ccc(C(=O)NCC(c2ccco2)n2nc(C)cc2C)cc1. The molecule has 3 aromatic rings. The van der Waals surface area contributed by atoms with Crippen molar-refractivity contribution in [3.8, 4) is 0 Å². The van der Waals surface area contributed by atoms with Crippen LogP contribution in [0.2, 0.25) is 0 Å². The third kappa shape index (κ3) is 3.82. The summed E-state index contributed by atoms with van der Waals surface area (Å²) in [5, 5.41) is 7.55. The number of furan rings is 1. The van der Waals surface area contributed by atoms with Crippen LogP contribution in [0.25, 0.3) is 0 Å². The number of nitrogens with one attached hydrogen (secondary N) is 1. The molecular weight excluding hydrogens is 314 g/mol. The molecule has 0 saturated heterocycles. The van der Waals surface area contributed by atoms with E-state index < -0.39 is 0 Å². The summed E-state index contributed by atoms with van der Waals surface area (Å²) in [5.41, 5.74) is 3.84. The molecule has 1 N–H and O–H groups in total. The van der Waals surface area contributed by atoms with Gasteiger partial charge in [-0.1, -0.05) is 19.1 Å². The normalized spacial score (nSPS) is 12.1. The number of aromatic nitrogens is 2. The second-order valence-electron chi connectivity index (χ2n) is 6.16. The molecule has 0 saturated carbocycles. The number of hydrogen-bond donors (Lipinski definition) is 1. The van der Waals surface area contributed by atoms with Gasteiger partial charge in [0.2, 0.25) is 0 Å². The van der Waals surface area contributed by atoms with E-state index in [1.807, 2.05) is 61.0 Å². The van der Waals surface area contributed by atoms with Crippen molar-refractivity contribution in [2.24, 2.45) is 0 Å². The second kappa shape index (κ2) is 7.38. The number of hydrogen-bond acceptors (Lipinski definition) is 3. The lowest BCUT2D eigenvalue weighted by Crippen LogP contribution is -2.32. The van der Waals surface area contributed by atoms with Crippen molar-refractivity contribution in [2.75, 3.05) is 6.54 Å². The minimum Gasteiger partial charge on any atom is -0.467 e. The molecule has 1 amide bonds. The molecule has 3 rings (SSSR count). The number of carbonyl (C=O) groups is 1. The summed E-state index contributed by atoms with van der Waals surface area (Å²) in [6.07, 6.45) is 2.60. The molecule has 0 aliphatic rings. The lowest BCUT2D eigenvalue weighted by molar-refractivity contribution is 0.0948. The van der Waals surface area contributed by atoms with Crippen LogP contribution in [0.1, 0.15) is 46.0 Å². The molecule has 0 spiro atoms. The molecule has 130 valence electrons. The molecular formula is C20H23N3O2. The number of amides is 1. The van der Waals surface area contributed by atoms with E-state index in [0.29, 0.717) is 12.1 Å². The average Bonchev–Trinajstić information content (AvgIpc) is 3.25. The van der Waals surface area contributed by atoms with Crippen LogP contribution in [0.15, 0.2) is 53.1 Å². The summed E-state index contributed by atoms with van der Waals surface area (Å²) in [6, 6.07) is 13.3. The van der Waals surface area contributed by atoms with E-state index in [0.717, 1.165) is 23.6 Å². The van der Waals surface area contributed by atoms with Gasteiger partial charge < -0.3 is 9.73 Å². The quantitative estimate of drug-likeness (QED) is 0.746. The fourth-order valence-electron chi connectivity index (χ4n) is 2.93. The Kier molecular flexibility index (Phi) is 5.03. The molecule has 5 nitrogen and oxygen atoms in total. The highest BCUT2D eigenvalue weighted by Crippen LogP contribution is 2.20. The second-order valence-corrected chi connectivity index (χ2v) is 6.16. The van der Waals surface area contributed by atoms with Crippen molar-refractivity contribution in [1.82, 2.24) is 15.1 Å². The Bertz CT molecular complexity index is 832. The van der Waals surface area contributed by atoms with Gasteiger partial charge in [0.05, 0.1) is 12.0 Å². The van der Waals surface area contributed by atoms with E-state index in [2.05, 4.69) is 17.3 Å². The van der Waals surface area contributed by atoms with Crippen LogP contribution in [0, 0.1) is 13.8 Å². The van der Waals surface area contributed by atoms with Crippen molar-refractivity contribution < 1.29 is 9.21 Å². The van der Waals surface area contributed by atoms with Crippen LogP contribution >= 0.6 is 0 Å². The molecule has 5 heteroatoms. The van der Waals surface area contributed by atoms with Crippen LogP contribution in [0.4, 0.5) is 0 Å². The number of benzene rings is 1. The maximum Gasteiger partial charge on any atom is 0.251 e. The van der Waals surface area contributed by atoms with E-state index >= 15 is 0 Å². The van der Waals surface area contributed by atoms with E-state index in [4.69, 9.17) is 4.42 Å². The molecule has 0 aliphatic heterocycles. The van der Waals surface area contributed by atoms with Gasteiger partial charge in [-0.25, -0.2) is 0 Å². The third-order valence-corrected chi connectivity index (χ3v) is 4.29. The maximum absolute atomic E-state index is 12.5. The Morgan fingerprint density at radius 3 is 2.56 bits per heavy atom. The molecule has 1 unspecified atom stereocenters. The Hall–Kier alpha value is -2.82. The van der Waals surface area contributed by atoms with E-state index in [1.165, 1.54) is 5.56 Å². The van der Waals surface area contributed by atoms with Gasteiger partial charge in [0.15, 0.2) is 0 Å². The van der Waals surface area contributed by atoms with Crippen LogP contribution in [-0.4, -0.2) is 22.2 Å². The molecule has 1 atom stereocenters. The number of nitrogens with zero attached hydrogens (tertiary/aromatic N) is 2. The van der Waals surface area contributed by atoms with Gasteiger partial charge in [0.25, 0.3) is 5.91 Å². The molecule has 25 heavy (non-hydrogen) atoms. The lowest BCUT2D eigenvalue weighted by Gasteiger charge is -2.18. The van der Waals surface area contributed by atoms with Gasteiger partial charge >= 0.3 is 0 Å². The summed E-state index contributed by atoms with van der Waals surface area (Å²) in [7, 11) is 0. The van der Waals surface area contributed by atoms with Crippen LogP contribution in [0.5, 0.6) is 0 Å². The first kappa shape index (κ1) is 17.0. The molecule has 1 aromatic carbocycles. The van der Waals surface area contributed by atoms with Crippen molar-refractivity contribution in [3.05, 3.63) is 77.0 Å². The van der Waals surface area contributed by atoms with Gasteiger partial charge in [-0.3, -0.25) is 9.48 Å². The van der Waals surface area contributed by atoms with Crippen LogP contribution < -0.4 is 5.32 Å². The monoisotopic (exact) mass is 337 g/mol.